The second kappa shape index (κ2) is 7.56. The Morgan fingerprint density at radius 3 is 2.42 bits per heavy atom. The van der Waals surface area contributed by atoms with Crippen LogP contribution in [-0.2, 0) is 4.74 Å². The molecule has 0 rings (SSSR count). The lowest BCUT2D eigenvalue weighted by atomic mass is 10.0. The molecule has 1 N–H and O–H groups in total. The van der Waals surface area contributed by atoms with Gasteiger partial charge in [0.25, 0.3) is 0 Å². The van der Waals surface area contributed by atoms with E-state index in [0.717, 1.165) is 25.7 Å². The Labute approximate surface area is 75.9 Å². The van der Waals surface area contributed by atoms with Crippen LogP contribution < -0.4 is 0 Å². The van der Waals surface area contributed by atoms with Crippen LogP contribution in [0.15, 0.2) is 0 Å². The molecule has 0 saturated carbocycles. The molecule has 2 nitrogen and oxygen atoms in total. The SMILES string of the molecule is CO[C](CCCCO)CC(C)C. The van der Waals surface area contributed by atoms with Gasteiger partial charge in [-0.25, -0.2) is 0 Å². The van der Waals surface area contributed by atoms with E-state index in [2.05, 4.69) is 13.8 Å². The minimum atomic E-state index is 0.290. The molecule has 0 aromatic carbocycles. The Kier molecular flexibility index (Phi) is 7.51. The van der Waals surface area contributed by atoms with Crippen molar-refractivity contribution >= 4 is 0 Å². The zero-order valence-corrected chi connectivity index (χ0v) is 8.47. The van der Waals surface area contributed by atoms with E-state index in [4.69, 9.17) is 9.84 Å². The van der Waals surface area contributed by atoms with Crippen molar-refractivity contribution in [3.05, 3.63) is 6.10 Å². The second-order valence-electron chi connectivity index (χ2n) is 3.52. The van der Waals surface area contributed by atoms with Gasteiger partial charge < -0.3 is 9.84 Å². The van der Waals surface area contributed by atoms with E-state index in [-0.39, 0.29) is 0 Å². The maximum Gasteiger partial charge on any atom is 0.0969 e. The fraction of sp³-hybridized carbons (Fsp3) is 0.900. The summed E-state index contributed by atoms with van der Waals surface area (Å²) in [6, 6.07) is 0. The largest absolute Gasteiger partial charge is 0.396 e. The molecule has 1 radical (unpaired) electrons. The van der Waals surface area contributed by atoms with Crippen LogP contribution in [0.5, 0.6) is 0 Å². The lowest BCUT2D eigenvalue weighted by molar-refractivity contribution is 0.167. The van der Waals surface area contributed by atoms with Crippen LogP contribution in [0.25, 0.3) is 0 Å². The number of unbranched alkanes of at least 4 members (excludes halogenated alkanes) is 1. The number of aliphatic hydroxyl groups is 1. The van der Waals surface area contributed by atoms with Crippen molar-refractivity contribution in [2.45, 2.75) is 39.5 Å². The zero-order chi connectivity index (χ0) is 9.40. The summed E-state index contributed by atoms with van der Waals surface area (Å²) in [5.74, 6) is 0.661. The first-order valence-corrected chi connectivity index (χ1v) is 4.70. The highest BCUT2D eigenvalue weighted by molar-refractivity contribution is 4.78. The van der Waals surface area contributed by atoms with Crippen molar-refractivity contribution in [1.82, 2.24) is 0 Å². The molecule has 0 amide bonds. The predicted molar refractivity (Wildman–Crippen MR) is 50.6 cm³/mol. The Bertz CT molecular complexity index is 91.8. The second-order valence-corrected chi connectivity index (χ2v) is 3.52. The first kappa shape index (κ1) is 11.9. The van der Waals surface area contributed by atoms with Gasteiger partial charge in [0.15, 0.2) is 0 Å². The Morgan fingerprint density at radius 1 is 1.33 bits per heavy atom. The van der Waals surface area contributed by atoms with E-state index in [1.165, 1.54) is 6.10 Å². The maximum atomic E-state index is 8.58. The van der Waals surface area contributed by atoms with Crippen LogP contribution in [0, 0.1) is 12.0 Å². The molecule has 0 bridgehead atoms. The fourth-order valence-electron chi connectivity index (χ4n) is 1.18. The third kappa shape index (κ3) is 6.62. The smallest absolute Gasteiger partial charge is 0.0969 e. The number of rotatable bonds is 7. The first-order valence-electron chi connectivity index (χ1n) is 4.70. The molecule has 0 atom stereocenters. The average molecular weight is 173 g/mol. The fourth-order valence-corrected chi connectivity index (χ4v) is 1.18. The minimum absolute atomic E-state index is 0.290. The van der Waals surface area contributed by atoms with Crippen LogP contribution in [0.4, 0.5) is 0 Å². The van der Waals surface area contributed by atoms with Gasteiger partial charge in [-0.05, 0) is 31.6 Å². The van der Waals surface area contributed by atoms with Gasteiger partial charge in [0, 0.05) is 13.7 Å². The molecule has 0 aliphatic rings. The molecule has 0 aromatic rings. The summed E-state index contributed by atoms with van der Waals surface area (Å²) in [4.78, 5) is 0. The lowest BCUT2D eigenvalue weighted by Gasteiger charge is -2.15. The molecular weight excluding hydrogens is 152 g/mol. The van der Waals surface area contributed by atoms with Gasteiger partial charge in [0.1, 0.15) is 0 Å². The summed E-state index contributed by atoms with van der Waals surface area (Å²) in [7, 11) is 1.73. The van der Waals surface area contributed by atoms with Crippen molar-refractivity contribution in [3.63, 3.8) is 0 Å². The van der Waals surface area contributed by atoms with E-state index in [1.807, 2.05) is 0 Å². The molecule has 73 valence electrons. The van der Waals surface area contributed by atoms with Crippen molar-refractivity contribution in [2.24, 2.45) is 5.92 Å². The monoisotopic (exact) mass is 173 g/mol. The Hall–Kier alpha value is -0.0800. The van der Waals surface area contributed by atoms with Crippen molar-refractivity contribution in [1.29, 1.82) is 0 Å². The summed E-state index contributed by atoms with van der Waals surface area (Å²) in [5.41, 5.74) is 0. The minimum Gasteiger partial charge on any atom is -0.396 e. The summed E-state index contributed by atoms with van der Waals surface area (Å²) >= 11 is 0. The summed E-state index contributed by atoms with van der Waals surface area (Å²) in [6.07, 6.45) is 5.12. The number of methoxy groups -OCH3 is 1. The standard InChI is InChI=1S/C10H21O2/c1-9(2)8-10(12-3)6-4-5-7-11/h9,11H,4-8H2,1-3H3. The third-order valence-electron chi connectivity index (χ3n) is 1.79. The molecule has 0 spiro atoms. The van der Waals surface area contributed by atoms with Crippen LogP contribution in [0.3, 0.4) is 0 Å². The number of hydrogen-bond acceptors (Lipinski definition) is 2. The van der Waals surface area contributed by atoms with E-state index < -0.39 is 0 Å². The molecular formula is C10H21O2. The van der Waals surface area contributed by atoms with Gasteiger partial charge >= 0.3 is 0 Å². The van der Waals surface area contributed by atoms with Gasteiger partial charge in [-0.15, -0.1) is 0 Å². The molecule has 0 heterocycles. The molecule has 0 fully saturated rings. The quantitative estimate of drug-likeness (QED) is 0.599. The number of ether oxygens (including phenoxy) is 1. The van der Waals surface area contributed by atoms with Gasteiger partial charge in [0.2, 0.25) is 0 Å². The summed E-state index contributed by atoms with van der Waals surface area (Å²) in [6.45, 7) is 4.66. The van der Waals surface area contributed by atoms with E-state index in [9.17, 15) is 0 Å². The van der Waals surface area contributed by atoms with E-state index >= 15 is 0 Å². The molecule has 2 heteroatoms. The van der Waals surface area contributed by atoms with Gasteiger partial charge in [0.05, 0.1) is 6.10 Å². The maximum absolute atomic E-state index is 8.58. The van der Waals surface area contributed by atoms with Crippen LogP contribution in [-0.4, -0.2) is 18.8 Å². The van der Waals surface area contributed by atoms with E-state index in [1.54, 1.807) is 7.11 Å². The molecule has 0 unspecified atom stereocenters. The summed E-state index contributed by atoms with van der Waals surface area (Å²) in [5, 5.41) is 8.58. The topological polar surface area (TPSA) is 29.5 Å². The molecule has 0 aliphatic carbocycles. The Balaban J connectivity index is 3.39. The number of aliphatic hydroxyl groups excluding tert-OH is 1. The van der Waals surface area contributed by atoms with Gasteiger partial charge in [-0.3, -0.25) is 0 Å². The molecule has 0 aliphatic heterocycles. The predicted octanol–water partition coefficient (Wildman–Crippen LogP) is 2.37. The van der Waals surface area contributed by atoms with Crippen molar-refractivity contribution < 1.29 is 9.84 Å². The molecule has 0 saturated heterocycles. The van der Waals surface area contributed by atoms with Crippen molar-refractivity contribution in [2.75, 3.05) is 13.7 Å². The normalized spacial score (nSPS) is 11.5. The molecule has 0 aromatic heterocycles. The lowest BCUT2D eigenvalue weighted by Crippen LogP contribution is -2.04. The summed E-state index contributed by atoms with van der Waals surface area (Å²) < 4.78 is 5.24. The third-order valence-corrected chi connectivity index (χ3v) is 1.79. The van der Waals surface area contributed by atoms with Crippen LogP contribution in [0.2, 0.25) is 0 Å². The van der Waals surface area contributed by atoms with Crippen LogP contribution in [0.1, 0.15) is 39.5 Å². The highest BCUT2D eigenvalue weighted by atomic mass is 16.5. The van der Waals surface area contributed by atoms with Crippen LogP contribution >= 0.6 is 0 Å². The Morgan fingerprint density at radius 2 is 2.00 bits per heavy atom. The van der Waals surface area contributed by atoms with Gasteiger partial charge in [-0.2, -0.15) is 0 Å². The van der Waals surface area contributed by atoms with Crippen molar-refractivity contribution in [3.8, 4) is 0 Å². The highest BCUT2D eigenvalue weighted by Crippen LogP contribution is 2.20. The highest BCUT2D eigenvalue weighted by Gasteiger charge is 2.09. The molecule has 12 heavy (non-hydrogen) atoms. The zero-order valence-electron chi connectivity index (χ0n) is 8.47. The average Bonchev–Trinajstić information content (AvgIpc) is 2.02. The van der Waals surface area contributed by atoms with E-state index in [0.29, 0.717) is 12.5 Å². The number of hydrogen-bond donors (Lipinski definition) is 1. The first-order chi connectivity index (χ1) is 5.70. The van der Waals surface area contributed by atoms with Gasteiger partial charge in [-0.1, -0.05) is 13.8 Å².